The fraction of sp³-hybridized carbons (Fsp3) is 0. The molecule has 0 spiro atoms. The van der Waals surface area contributed by atoms with Crippen LogP contribution >= 0.6 is 11.6 Å². The number of halogens is 1. The number of carbonyl (C=O) groups excluding carboxylic acids is 1. The van der Waals surface area contributed by atoms with Crippen LogP contribution in [0.1, 0.15) is 10.5 Å². The van der Waals surface area contributed by atoms with E-state index in [1.807, 2.05) is 0 Å². The summed E-state index contributed by atoms with van der Waals surface area (Å²) in [5, 5.41) is 19.7. The Kier molecular flexibility index (Phi) is 2.49. The number of phenols is 1. The van der Waals surface area contributed by atoms with Gasteiger partial charge in [0.05, 0.1) is 0 Å². The lowest BCUT2D eigenvalue weighted by molar-refractivity contribution is 0.0996. The Morgan fingerprint density at radius 1 is 1.44 bits per heavy atom. The minimum absolute atomic E-state index is 0.0439. The molecule has 0 atom stereocenters. The average Bonchev–Trinajstić information content (AvgIpc) is 2.70. The van der Waals surface area contributed by atoms with Gasteiger partial charge in [0.25, 0.3) is 5.91 Å². The summed E-state index contributed by atoms with van der Waals surface area (Å²) in [5.41, 5.74) is 5.54. The number of nitrogens with zero attached hydrogens (tertiary/aromatic N) is 2. The van der Waals surface area contributed by atoms with Gasteiger partial charge < -0.3 is 10.8 Å². The van der Waals surface area contributed by atoms with Crippen LogP contribution in [-0.2, 0) is 0 Å². The van der Waals surface area contributed by atoms with Crippen LogP contribution in [0.15, 0.2) is 18.2 Å². The first kappa shape index (κ1) is 10.4. The Morgan fingerprint density at radius 2 is 2.19 bits per heavy atom. The van der Waals surface area contributed by atoms with Crippen molar-refractivity contribution >= 4 is 17.5 Å². The Labute approximate surface area is 95.0 Å². The first-order chi connectivity index (χ1) is 7.59. The molecule has 0 aliphatic carbocycles. The van der Waals surface area contributed by atoms with Crippen LogP contribution in [0.3, 0.4) is 0 Å². The van der Waals surface area contributed by atoms with Crippen molar-refractivity contribution in [3.63, 3.8) is 0 Å². The first-order valence-electron chi connectivity index (χ1n) is 4.29. The average molecular weight is 239 g/mol. The fourth-order valence-electron chi connectivity index (χ4n) is 1.29. The van der Waals surface area contributed by atoms with E-state index in [2.05, 4.69) is 15.4 Å². The number of rotatable bonds is 2. The molecule has 1 aromatic heterocycles. The SMILES string of the molecule is NC(=O)c1n[nH]nc1-c1cc(Cl)ccc1O. The predicted molar refractivity (Wildman–Crippen MR) is 57.0 cm³/mol. The van der Waals surface area contributed by atoms with Crippen molar-refractivity contribution in [2.75, 3.05) is 0 Å². The second-order valence-electron chi connectivity index (χ2n) is 3.05. The van der Waals surface area contributed by atoms with Crippen LogP contribution in [-0.4, -0.2) is 26.4 Å². The van der Waals surface area contributed by atoms with Gasteiger partial charge in [-0.05, 0) is 18.2 Å². The summed E-state index contributed by atoms with van der Waals surface area (Å²) in [4.78, 5) is 11.0. The molecule has 1 amide bonds. The lowest BCUT2D eigenvalue weighted by atomic mass is 10.1. The highest BCUT2D eigenvalue weighted by molar-refractivity contribution is 6.31. The van der Waals surface area contributed by atoms with Crippen LogP contribution in [0, 0.1) is 0 Å². The van der Waals surface area contributed by atoms with Crippen molar-refractivity contribution in [3.05, 3.63) is 28.9 Å². The molecule has 0 saturated carbocycles. The second kappa shape index (κ2) is 3.82. The third-order valence-corrected chi connectivity index (χ3v) is 2.23. The number of carbonyl (C=O) groups is 1. The molecule has 1 heterocycles. The highest BCUT2D eigenvalue weighted by Gasteiger charge is 2.18. The fourth-order valence-corrected chi connectivity index (χ4v) is 1.46. The van der Waals surface area contributed by atoms with Crippen molar-refractivity contribution in [1.29, 1.82) is 0 Å². The number of phenolic OH excluding ortho intramolecular Hbond substituents is 1. The zero-order valence-electron chi connectivity index (χ0n) is 7.94. The van der Waals surface area contributed by atoms with Crippen molar-refractivity contribution < 1.29 is 9.90 Å². The van der Waals surface area contributed by atoms with Gasteiger partial charge in [0, 0.05) is 10.6 Å². The number of benzene rings is 1. The van der Waals surface area contributed by atoms with Gasteiger partial charge in [0.15, 0.2) is 5.69 Å². The van der Waals surface area contributed by atoms with Crippen LogP contribution in [0.4, 0.5) is 0 Å². The number of primary amides is 1. The number of nitrogens with two attached hydrogens (primary N) is 1. The third kappa shape index (κ3) is 1.70. The van der Waals surface area contributed by atoms with Gasteiger partial charge in [-0.3, -0.25) is 4.79 Å². The van der Waals surface area contributed by atoms with Crippen molar-refractivity contribution in [2.24, 2.45) is 5.73 Å². The number of aromatic nitrogens is 3. The summed E-state index contributed by atoms with van der Waals surface area (Å²) < 4.78 is 0. The quantitative estimate of drug-likeness (QED) is 0.724. The normalized spacial score (nSPS) is 10.3. The third-order valence-electron chi connectivity index (χ3n) is 2.00. The molecule has 4 N–H and O–H groups in total. The van der Waals surface area contributed by atoms with E-state index in [1.165, 1.54) is 18.2 Å². The van der Waals surface area contributed by atoms with Crippen LogP contribution < -0.4 is 5.73 Å². The van der Waals surface area contributed by atoms with E-state index in [4.69, 9.17) is 17.3 Å². The minimum atomic E-state index is -0.733. The maximum Gasteiger partial charge on any atom is 0.271 e. The standard InChI is InChI=1S/C9H7ClN4O2/c10-4-1-2-6(15)5(3-4)7-8(9(11)16)13-14-12-7/h1-3,15H,(H2,11,16)(H,12,13,14). The Bertz CT molecular complexity index is 552. The number of H-pyrrole nitrogens is 1. The van der Waals surface area contributed by atoms with Crippen LogP contribution in [0.25, 0.3) is 11.3 Å². The molecule has 82 valence electrons. The molecule has 2 rings (SSSR count). The Balaban J connectivity index is 2.62. The molecule has 0 bridgehead atoms. The lowest BCUT2D eigenvalue weighted by Crippen LogP contribution is -2.12. The molecule has 2 aromatic rings. The van der Waals surface area contributed by atoms with Crippen molar-refractivity contribution in [2.45, 2.75) is 0 Å². The predicted octanol–water partition coefficient (Wildman–Crippen LogP) is 0.930. The smallest absolute Gasteiger partial charge is 0.271 e. The topological polar surface area (TPSA) is 105 Å². The maximum absolute atomic E-state index is 11.0. The molecule has 0 radical (unpaired) electrons. The van der Waals surface area contributed by atoms with Gasteiger partial charge in [-0.25, -0.2) is 0 Å². The second-order valence-corrected chi connectivity index (χ2v) is 3.48. The summed E-state index contributed by atoms with van der Waals surface area (Å²) >= 11 is 5.78. The number of aromatic amines is 1. The molecule has 0 fully saturated rings. The molecule has 0 aliphatic heterocycles. The molecule has 0 saturated heterocycles. The summed E-state index contributed by atoms with van der Waals surface area (Å²) in [6.07, 6.45) is 0. The van der Waals surface area contributed by atoms with Crippen molar-refractivity contribution in [1.82, 2.24) is 15.4 Å². The summed E-state index contributed by atoms with van der Waals surface area (Å²) in [7, 11) is 0. The van der Waals surface area contributed by atoms with E-state index >= 15 is 0 Å². The number of hydrogen-bond donors (Lipinski definition) is 3. The van der Waals surface area contributed by atoms with E-state index in [1.54, 1.807) is 0 Å². The van der Waals surface area contributed by atoms with Crippen LogP contribution in [0.2, 0.25) is 5.02 Å². The van der Waals surface area contributed by atoms with Gasteiger partial charge in [0.2, 0.25) is 0 Å². The van der Waals surface area contributed by atoms with E-state index in [9.17, 15) is 9.90 Å². The van der Waals surface area contributed by atoms with Gasteiger partial charge in [0.1, 0.15) is 11.4 Å². The Hall–Kier alpha value is -2.08. The lowest BCUT2D eigenvalue weighted by Gasteiger charge is -2.02. The maximum atomic E-state index is 11.0. The van der Waals surface area contributed by atoms with E-state index in [0.29, 0.717) is 10.6 Å². The van der Waals surface area contributed by atoms with Gasteiger partial charge in [-0.15, -0.1) is 0 Å². The van der Waals surface area contributed by atoms with Gasteiger partial charge >= 0.3 is 0 Å². The van der Waals surface area contributed by atoms with E-state index in [-0.39, 0.29) is 17.1 Å². The molecule has 0 aliphatic rings. The van der Waals surface area contributed by atoms with Crippen molar-refractivity contribution in [3.8, 4) is 17.0 Å². The monoisotopic (exact) mass is 238 g/mol. The zero-order valence-corrected chi connectivity index (χ0v) is 8.69. The molecule has 0 unspecified atom stereocenters. The number of nitrogens with one attached hydrogen (secondary N) is 1. The molecule has 16 heavy (non-hydrogen) atoms. The number of amides is 1. The molecular formula is C9H7ClN4O2. The molecule has 6 nitrogen and oxygen atoms in total. The number of hydrogen-bond acceptors (Lipinski definition) is 4. The summed E-state index contributed by atoms with van der Waals surface area (Å²) in [6.45, 7) is 0. The number of aromatic hydroxyl groups is 1. The summed E-state index contributed by atoms with van der Waals surface area (Å²) in [5.74, 6) is -0.788. The van der Waals surface area contributed by atoms with E-state index < -0.39 is 5.91 Å². The van der Waals surface area contributed by atoms with Gasteiger partial charge in [-0.2, -0.15) is 15.4 Å². The zero-order chi connectivity index (χ0) is 11.7. The highest BCUT2D eigenvalue weighted by atomic mass is 35.5. The summed E-state index contributed by atoms with van der Waals surface area (Å²) in [6, 6.07) is 4.39. The largest absolute Gasteiger partial charge is 0.507 e. The first-order valence-corrected chi connectivity index (χ1v) is 4.67. The van der Waals surface area contributed by atoms with Crippen LogP contribution in [0.5, 0.6) is 5.75 Å². The molecule has 7 heteroatoms. The molecular weight excluding hydrogens is 232 g/mol. The van der Waals surface area contributed by atoms with E-state index in [0.717, 1.165) is 0 Å². The Morgan fingerprint density at radius 3 is 2.88 bits per heavy atom. The highest BCUT2D eigenvalue weighted by Crippen LogP contribution is 2.31. The van der Waals surface area contributed by atoms with Gasteiger partial charge in [-0.1, -0.05) is 11.6 Å². The minimum Gasteiger partial charge on any atom is -0.507 e. The molecule has 1 aromatic carbocycles.